The molecular formula is C18H16N6O3S. The van der Waals surface area contributed by atoms with Crippen LogP contribution in [0.1, 0.15) is 21.5 Å². The number of aromatic nitrogens is 3. The standard InChI is InChI=1S/C18H16N6O3S/c1-23-12-20-22-18(23)28-11-13-6-8-14(9-7-13)17(25)21-19-10-15-4-2-3-5-16(15)24(26)27/h2-10,12H,11H2,1H3,(H,21,25)/b19-10+. The van der Waals surface area contributed by atoms with Crippen LogP contribution in [0, 0.1) is 10.1 Å². The third-order valence-corrected chi connectivity index (χ3v) is 4.86. The lowest BCUT2D eigenvalue weighted by Gasteiger charge is -2.03. The minimum atomic E-state index is -0.499. The van der Waals surface area contributed by atoms with Crippen LogP contribution in [0.4, 0.5) is 5.69 Å². The van der Waals surface area contributed by atoms with Crippen LogP contribution < -0.4 is 5.43 Å². The van der Waals surface area contributed by atoms with Crippen LogP contribution >= 0.6 is 11.8 Å². The van der Waals surface area contributed by atoms with Gasteiger partial charge in [0.1, 0.15) is 6.33 Å². The lowest BCUT2D eigenvalue weighted by atomic mass is 10.1. The molecule has 1 amide bonds. The van der Waals surface area contributed by atoms with Gasteiger partial charge in [0.15, 0.2) is 5.16 Å². The number of benzene rings is 2. The number of nitrogens with zero attached hydrogens (tertiary/aromatic N) is 5. The van der Waals surface area contributed by atoms with Gasteiger partial charge < -0.3 is 4.57 Å². The molecule has 9 nitrogen and oxygen atoms in total. The number of thioether (sulfide) groups is 1. The summed E-state index contributed by atoms with van der Waals surface area (Å²) < 4.78 is 1.83. The molecule has 10 heteroatoms. The summed E-state index contributed by atoms with van der Waals surface area (Å²) >= 11 is 1.55. The largest absolute Gasteiger partial charge is 0.312 e. The molecule has 0 unspecified atom stereocenters. The number of carbonyl (C=O) groups is 1. The number of para-hydroxylation sites is 1. The molecule has 1 aromatic heterocycles. The van der Waals surface area contributed by atoms with Crippen molar-refractivity contribution in [2.24, 2.45) is 12.1 Å². The third kappa shape index (κ3) is 4.80. The highest BCUT2D eigenvalue weighted by Gasteiger charge is 2.10. The summed E-state index contributed by atoms with van der Waals surface area (Å²) in [6.07, 6.45) is 2.89. The maximum Gasteiger partial charge on any atom is 0.278 e. The second-order valence-electron chi connectivity index (χ2n) is 5.73. The van der Waals surface area contributed by atoms with E-state index in [1.54, 1.807) is 48.4 Å². The molecule has 0 aliphatic heterocycles. The zero-order chi connectivity index (χ0) is 19.9. The van der Waals surface area contributed by atoms with Gasteiger partial charge in [-0.1, -0.05) is 36.0 Å². The predicted molar refractivity (Wildman–Crippen MR) is 105 cm³/mol. The number of carbonyl (C=O) groups excluding carboxylic acids is 1. The van der Waals surface area contributed by atoms with E-state index in [0.29, 0.717) is 16.9 Å². The smallest absolute Gasteiger partial charge is 0.278 e. The van der Waals surface area contributed by atoms with Gasteiger partial charge in [-0.25, -0.2) is 5.43 Å². The first-order chi connectivity index (χ1) is 13.5. The number of rotatable bonds is 7. The Kier molecular flexibility index (Phi) is 6.12. The molecule has 0 aliphatic rings. The first-order valence-corrected chi connectivity index (χ1v) is 9.15. The third-order valence-electron chi connectivity index (χ3n) is 3.76. The molecule has 0 saturated carbocycles. The molecular weight excluding hydrogens is 380 g/mol. The summed E-state index contributed by atoms with van der Waals surface area (Å²) in [6.45, 7) is 0. The molecule has 3 aromatic rings. The fourth-order valence-corrected chi connectivity index (χ4v) is 3.14. The van der Waals surface area contributed by atoms with Crippen molar-refractivity contribution >= 4 is 29.6 Å². The van der Waals surface area contributed by atoms with Crippen LogP contribution in [-0.2, 0) is 12.8 Å². The second-order valence-corrected chi connectivity index (χ2v) is 6.67. The van der Waals surface area contributed by atoms with Crippen LogP contribution in [-0.4, -0.2) is 31.8 Å². The quantitative estimate of drug-likeness (QED) is 0.284. The van der Waals surface area contributed by atoms with E-state index in [1.165, 1.54) is 12.3 Å². The molecule has 28 heavy (non-hydrogen) atoms. The Balaban J connectivity index is 1.57. The van der Waals surface area contributed by atoms with Crippen molar-refractivity contribution in [2.75, 3.05) is 0 Å². The van der Waals surface area contributed by atoms with Crippen LogP contribution in [0.2, 0.25) is 0 Å². The number of nitro benzene ring substituents is 1. The summed E-state index contributed by atoms with van der Waals surface area (Å²) in [5.41, 5.74) is 4.08. The summed E-state index contributed by atoms with van der Waals surface area (Å²) in [6, 6.07) is 13.3. The number of nitro groups is 1. The maximum absolute atomic E-state index is 12.2. The van der Waals surface area contributed by atoms with Crippen molar-refractivity contribution in [3.8, 4) is 0 Å². The minimum absolute atomic E-state index is 0.0785. The fraction of sp³-hybridized carbons (Fsp3) is 0.111. The Hall–Kier alpha value is -3.53. The number of aryl methyl sites for hydroxylation is 1. The molecule has 1 N–H and O–H groups in total. The molecule has 0 fully saturated rings. The minimum Gasteiger partial charge on any atom is -0.312 e. The Morgan fingerprint density at radius 1 is 1.29 bits per heavy atom. The van der Waals surface area contributed by atoms with Gasteiger partial charge in [-0.05, 0) is 23.8 Å². The lowest BCUT2D eigenvalue weighted by molar-refractivity contribution is -0.385. The zero-order valence-electron chi connectivity index (χ0n) is 14.8. The van der Waals surface area contributed by atoms with E-state index in [2.05, 4.69) is 20.7 Å². The van der Waals surface area contributed by atoms with Crippen molar-refractivity contribution in [1.29, 1.82) is 0 Å². The molecule has 3 rings (SSSR count). The van der Waals surface area contributed by atoms with Gasteiger partial charge in [-0.2, -0.15) is 5.10 Å². The molecule has 0 atom stereocenters. The second kappa shape index (κ2) is 8.91. The monoisotopic (exact) mass is 396 g/mol. The van der Waals surface area contributed by atoms with E-state index in [4.69, 9.17) is 0 Å². The first kappa shape index (κ1) is 19.2. The van der Waals surface area contributed by atoms with Crippen molar-refractivity contribution in [3.05, 3.63) is 81.7 Å². The highest BCUT2D eigenvalue weighted by atomic mass is 32.2. The van der Waals surface area contributed by atoms with E-state index in [1.807, 2.05) is 23.7 Å². The Bertz CT molecular complexity index is 1020. The number of hydrazone groups is 1. The van der Waals surface area contributed by atoms with Gasteiger partial charge in [0, 0.05) is 24.4 Å². The van der Waals surface area contributed by atoms with E-state index >= 15 is 0 Å². The van der Waals surface area contributed by atoms with Crippen LogP contribution in [0.5, 0.6) is 0 Å². The molecule has 0 saturated heterocycles. The molecule has 2 aromatic carbocycles. The van der Waals surface area contributed by atoms with Crippen LogP contribution in [0.25, 0.3) is 0 Å². The van der Waals surface area contributed by atoms with Gasteiger partial charge >= 0.3 is 0 Å². The Morgan fingerprint density at radius 3 is 2.71 bits per heavy atom. The fourth-order valence-electron chi connectivity index (χ4n) is 2.29. The van der Waals surface area contributed by atoms with Crippen LogP contribution in [0.15, 0.2) is 65.1 Å². The van der Waals surface area contributed by atoms with Crippen molar-refractivity contribution < 1.29 is 9.72 Å². The van der Waals surface area contributed by atoms with Crippen molar-refractivity contribution in [1.82, 2.24) is 20.2 Å². The molecule has 142 valence electrons. The SMILES string of the molecule is Cn1cnnc1SCc1ccc(C(=O)N/N=C/c2ccccc2[N+](=O)[O-])cc1. The van der Waals surface area contributed by atoms with E-state index in [-0.39, 0.29) is 5.69 Å². The van der Waals surface area contributed by atoms with Gasteiger partial charge in [0.25, 0.3) is 11.6 Å². The summed E-state index contributed by atoms with van der Waals surface area (Å²) in [5, 5.41) is 23.4. The summed E-state index contributed by atoms with van der Waals surface area (Å²) in [4.78, 5) is 22.6. The average Bonchev–Trinajstić information content (AvgIpc) is 3.11. The highest BCUT2D eigenvalue weighted by molar-refractivity contribution is 7.98. The molecule has 0 spiro atoms. The van der Waals surface area contributed by atoms with Crippen LogP contribution in [0.3, 0.4) is 0 Å². The number of hydrogen-bond acceptors (Lipinski definition) is 7. The number of nitrogens with one attached hydrogen (secondary N) is 1. The van der Waals surface area contributed by atoms with E-state index in [9.17, 15) is 14.9 Å². The number of amides is 1. The number of hydrogen-bond donors (Lipinski definition) is 1. The molecule has 0 bridgehead atoms. The maximum atomic E-state index is 12.2. The summed E-state index contributed by atoms with van der Waals surface area (Å²) in [5.74, 6) is 0.298. The normalized spacial score (nSPS) is 10.9. The average molecular weight is 396 g/mol. The van der Waals surface area contributed by atoms with Gasteiger partial charge in [0.05, 0.1) is 16.7 Å². The lowest BCUT2D eigenvalue weighted by Crippen LogP contribution is -2.17. The Labute approximate surface area is 164 Å². The van der Waals surface area contributed by atoms with Crippen molar-refractivity contribution in [2.45, 2.75) is 10.9 Å². The van der Waals surface area contributed by atoms with Gasteiger partial charge in [-0.15, -0.1) is 10.2 Å². The zero-order valence-corrected chi connectivity index (χ0v) is 15.7. The molecule has 0 aliphatic carbocycles. The van der Waals surface area contributed by atoms with E-state index < -0.39 is 10.8 Å². The predicted octanol–water partition coefficient (Wildman–Crippen LogP) is 2.78. The summed E-state index contributed by atoms with van der Waals surface area (Å²) in [7, 11) is 1.88. The van der Waals surface area contributed by atoms with Crippen molar-refractivity contribution in [3.63, 3.8) is 0 Å². The van der Waals surface area contributed by atoms with Gasteiger partial charge in [-0.3, -0.25) is 14.9 Å². The Morgan fingerprint density at radius 2 is 2.04 bits per heavy atom. The first-order valence-electron chi connectivity index (χ1n) is 8.17. The molecule has 1 heterocycles. The van der Waals surface area contributed by atoms with Gasteiger partial charge in [0.2, 0.25) is 0 Å². The molecule has 0 radical (unpaired) electrons. The topological polar surface area (TPSA) is 115 Å². The highest BCUT2D eigenvalue weighted by Crippen LogP contribution is 2.20. The van der Waals surface area contributed by atoms with E-state index in [0.717, 1.165) is 10.7 Å².